The van der Waals surface area contributed by atoms with Crippen LogP contribution in [0.3, 0.4) is 0 Å². The molecule has 2 heterocycles. The van der Waals surface area contributed by atoms with Crippen LogP contribution in [0.2, 0.25) is 5.15 Å². The van der Waals surface area contributed by atoms with Gasteiger partial charge < -0.3 is 4.74 Å². The van der Waals surface area contributed by atoms with E-state index < -0.39 is 0 Å². The van der Waals surface area contributed by atoms with E-state index in [-0.39, 0.29) is 0 Å². The van der Waals surface area contributed by atoms with E-state index in [1.165, 1.54) is 37.9 Å². The van der Waals surface area contributed by atoms with Crippen LogP contribution in [0.25, 0.3) is 0 Å². The van der Waals surface area contributed by atoms with Crippen LogP contribution in [-0.2, 0) is 0 Å². The highest BCUT2D eigenvalue weighted by atomic mass is 35.5. The molecule has 1 aliphatic carbocycles. The fourth-order valence-corrected chi connectivity index (χ4v) is 4.34. The molecule has 1 saturated heterocycles. The van der Waals surface area contributed by atoms with Crippen molar-refractivity contribution in [2.24, 2.45) is 0 Å². The summed E-state index contributed by atoms with van der Waals surface area (Å²) in [5.74, 6) is 3.16. The van der Waals surface area contributed by atoms with Crippen LogP contribution in [0, 0.1) is 0 Å². The Morgan fingerprint density at radius 2 is 2.05 bits per heavy atom. The fourth-order valence-electron chi connectivity index (χ4n) is 2.94. The Kier molecular flexibility index (Phi) is 4.59. The average Bonchev–Trinajstić information content (AvgIpc) is 2.82. The van der Waals surface area contributed by atoms with Crippen molar-refractivity contribution in [1.29, 1.82) is 0 Å². The molecule has 1 aromatic heterocycles. The van der Waals surface area contributed by atoms with Crippen LogP contribution < -0.4 is 4.74 Å². The Morgan fingerprint density at radius 3 is 2.79 bits per heavy atom. The van der Waals surface area contributed by atoms with Gasteiger partial charge in [0.2, 0.25) is 0 Å². The van der Waals surface area contributed by atoms with Gasteiger partial charge >= 0.3 is 0 Å². The van der Waals surface area contributed by atoms with Gasteiger partial charge in [-0.25, -0.2) is 4.68 Å². The third-order valence-corrected chi connectivity index (χ3v) is 5.59. The molecule has 5 heteroatoms. The van der Waals surface area contributed by atoms with E-state index in [1.807, 2.05) is 16.4 Å². The van der Waals surface area contributed by atoms with Crippen molar-refractivity contribution < 1.29 is 4.74 Å². The summed E-state index contributed by atoms with van der Waals surface area (Å²) >= 11 is 8.43. The van der Waals surface area contributed by atoms with E-state index in [9.17, 15) is 0 Å². The Bertz CT molecular complexity index is 412. The van der Waals surface area contributed by atoms with E-state index in [0.717, 1.165) is 24.3 Å². The van der Waals surface area contributed by atoms with Gasteiger partial charge in [0.15, 0.2) is 10.9 Å². The minimum Gasteiger partial charge on any atom is -0.486 e. The topological polar surface area (TPSA) is 27.1 Å². The van der Waals surface area contributed by atoms with Gasteiger partial charge in [-0.15, -0.1) is 0 Å². The van der Waals surface area contributed by atoms with Crippen LogP contribution in [0.1, 0.15) is 51.0 Å². The molecule has 1 saturated carbocycles. The summed E-state index contributed by atoms with van der Waals surface area (Å²) in [7, 11) is 0. The minimum absolute atomic E-state index is 0.338. The Balaban J connectivity index is 1.67. The molecule has 0 aromatic carbocycles. The monoisotopic (exact) mass is 300 g/mol. The number of hydrogen-bond donors (Lipinski definition) is 0. The number of thioether (sulfide) groups is 1. The first-order valence-electron chi connectivity index (χ1n) is 7.32. The number of hydrogen-bond acceptors (Lipinski definition) is 3. The zero-order chi connectivity index (χ0) is 13.1. The highest BCUT2D eigenvalue weighted by Crippen LogP contribution is 2.34. The molecule has 1 aromatic rings. The third kappa shape index (κ3) is 3.22. The molecular formula is C14H21ClN2OS. The Labute approximate surface area is 124 Å². The average molecular weight is 301 g/mol. The van der Waals surface area contributed by atoms with E-state index >= 15 is 0 Å². The summed E-state index contributed by atoms with van der Waals surface area (Å²) in [4.78, 5) is 0. The van der Waals surface area contributed by atoms with Crippen molar-refractivity contribution in [3.63, 3.8) is 0 Å². The first-order valence-corrected chi connectivity index (χ1v) is 8.85. The second kappa shape index (κ2) is 6.40. The molecule has 0 N–H and O–H groups in total. The fraction of sp³-hybridized carbons (Fsp3) is 0.786. The standard InChI is InChI=1S/C14H21ClN2OS/c15-14-13(18-12-6-2-1-3-7-12)9-16-17(14)11-5-4-8-19-10-11/h9,11-12H,1-8,10H2. The third-order valence-electron chi connectivity index (χ3n) is 4.03. The van der Waals surface area contributed by atoms with Gasteiger partial charge in [0.05, 0.1) is 18.3 Å². The number of nitrogens with zero attached hydrogens (tertiary/aromatic N) is 2. The lowest BCUT2D eigenvalue weighted by atomic mass is 9.98. The molecule has 106 valence electrons. The van der Waals surface area contributed by atoms with Crippen molar-refractivity contribution in [1.82, 2.24) is 9.78 Å². The van der Waals surface area contributed by atoms with Gasteiger partial charge in [0.1, 0.15) is 0 Å². The molecule has 1 atom stereocenters. The summed E-state index contributed by atoms with van der Waals surface area (Å²) in [5, 5.41) is 5.14. The molecule has 2 aliphatic rings. The van der Waals surface area contributed by atoms with Gasteiger partial charge in [-0.2, -0.15) is 16.9 Å². The maximum atomic E-state index is 6.44. The normalized spacial score (nSPS) is 25.4. The zero-order valence-corrected chi connectivity index (χ0v) is 12.8. The molecule has 0 spiro atoms. The van der Waals surface area contributed by atoms with E-state index in [1.54, 1.807) is 6.20 Å². The number of rotatable bonds is 3. The maximum absolute atomic E-state index is 6.44. The first-order chi connectivity index (χ1) is 9.34. The molecule has 0 amide bonds. The summed E-state index contributed by atoms with van der Waals surface area (Å²) in [5.41, 5.74) is 0. The Morgan fingerprint density at radius 1 is 1.21 bits per heavy atom. The van der Waals surface area contributed by atoms with Gasteiger partial charge in [-0.1, -0.05) is 18.0 Å². The molecule has 1 aliphatic heterocycles. The van der Waals surface area contributed by atoms with Crippen LogP contribution in [-0.4, -0.2) is 27.4 Å². The van der Waals surface area contributed by atoms with Gasteiger partial charge in [-0.3, -0.25) is 0 Å². The summed E-state index contributed by atoms with van der Waals surface area (Å²) < 4.78 is 8.00. The lowest BCUT2D eigenvalue weighted by Crippen LogP contribution is -2.20. The first kappa shape index (κ1) is 13.6. The molecule has 3 nitrogen and oxygen atoms in total. The number of ether oxygens (including phenoxy) is 1. The molecule has 1 unspecified atom stereocenters. The number of aromatic nitrogens is 2. The predicted molar refractivity (Wildman–Crippen MR) is 80.3 cm³/mol. The SMILES string of the molecule is Clc1c(OC2CCCCC2)cnn1C1CCCSC1. The predicted octanol–water partition coefficient (Wildman–Crippen LogP) is 4.32. The smallest absolute Gasteiger partial charge is 0.176 e. The molecule has 2 fully saturated rings. The van der Waals surface area contributed by atoms with Crippen molar-refractivity contribution in [3.8, 4) is 5.75 Å². The maximum Gasteiger partial charge on any atom is 0.176 e. The van der Waals surface area contributed by atoms with E-state index in [2.05, 4.69) is 5.10 Å². The molecule has 3 rings (SSSR count). The lowest BCUT2D eigenvalue weighted by molar-refractivity contribution is 0.155. The largest absolute Gasteiger partial charge is 0.486 e. The summed E-state index contributed by atoms with van der Waals surface area (Å²) in [6, 6.07) is 0.440. The summed E-state index contributed by atoms with van der Waals surface area (Å²) in [6.07, 6.45) is 10.8. The zero-order valence-electron chi connectivity index (χ0n) is 11.2. The van der Waals surface area contributed by atoms with Gasteiger partial charge in [0, 0.05) is 5.75 Å². The molecule has 0 bridgehead atoms. The van der Waals surface area contributed by atoms with Gasteiger partial charge in [-0.05, 0) is 44.3 Å². The van der Waals surface area contributed by atoms with E-state index in [4.69, 9.17) is 16.3 Å². The highest BCUT2D eigenvalue weighted by molar-refractivity contribution is 7.99. The van der Waals surface area contributed by atoms with Crippen molar-refractivity contribution in [2.75, 3.05) is 11.5 Å². The summed E-state index contributed by atoms with van der Waals surface area (Å²) in [6.45, 7) is 0. The van der Waals surface area contributed by atoms with Crippen molar-refractivity contribution in [2.45, 2.75) is 57.1 Å². The molecular weight excluding hydrogens is 280 g/mol. The second-order valence-electron chi connectivity index (χ2n) is 5.49. The quantitative estimate of drug-likeness (QED) is 0.832. The lowest BCUT2D eigenvalue weighted by Gasteiger charge is -2.24. The van der Waals surface area contributed by atoms with Crippen LogP contribution in [0.4, 0.5) is 0 Å². The van der Waals surface area contributed by atoms with Gasteiger partial charge in [0.25, 0.3) is 0 Å². The minimum atomic E-state index is 0.338. The van der Waals surface area contributed by atoms with Crippen LogP contribution >= 0.6 is 23.4 Å². The molecule has 0 radical (unpaired) electrons. The highest BCUT2D eigenvalue weighted by Gasteiger charge is 2.23. The van der Waals surface area contributed by atoms with E-state index in [0.29, 0.717) is 17.3 Å². The van der Waals surface area contributed by atoms with Crippen molar-refractivity contribution >= 4 is 23.4 Å². The molecule has 19 heavy (non-hydrogen) atoms. The van der Waals surface area contributed by atoms with Crippen LogP contribution in [0.5, 0.6) is 5.75 Å². The van der Waals surface area contributed by atoms with Crippen LogP contribution in [0.15, 0.2) is 6.20 Å². The van der Waals surface area contributed by atoms with Crippen molar-refractivity contribution in [3.05, 3.63) is 11.3 Å². The second-order valence-corrected chi connectivity index (χ2v) is 7.00. The number of halogens is 1. The Hall–Kier alpha value is -0.350.